The Morgan fingerprint density at radius 1 is 1.22 bits per heavy atom. The van der Waals surface area contributed by atoms with E-state index < -0.39 is 0 Å². The molecule has 1 aliphatic heterocycles. The van der Waals surface area contributed by atoms with Gasteiger partial charge in [-0.25, -0.2) is 10.0 Å². The molecule has 124 valence electrons. The minimum absolute atomic E-state index is 0.00629. The van der Waals surface area contributed by atoms with Crippen LogP contribution in [0.5, 0.6) is 0 Å². The number of hydrogen-bond donors (Lipinski definition) is 1. The van der Waals surface area contributed by atoms with Crippen LogP contribution in [0.1, 0.15) is 61.4 Å². The van der Waals surface area contributed by atoms with E-state index in [9.17, 15) is 9.59 Å². The van der Waals surface area contributed by atoms with Crippen molar-refractivity contribution in [3.05, 3.63) is 23.0 Å². The van der Waals surface area contributed by atoms with E-state index in [2.05, 4.69) is 18.0 Å². The maximum absolute atomic E-state index is 13.0. The van der Waals surface area contributed by atoms with Gasteiger partial charge < -0.3 is 4.98 Å². The van der Waals surface area contributed by atoms with E-state index in [1.165, 1.54) is 29.2 Å². The van der Waals surface area contributed by atoms with Crippen molar-refractivity contribution in [3.8, 4) is 0 Å². The van der Waals surface area contributed by atoms with Gasteiger partial charge in [-0.05, 0) is 36.8 Å². The molecule has 1 aromatic rings. The Bertz CT molecular complexity index is 663. The smallest absolute Gasteiger partial charge is 0.252 e. The first-order valence-corrected chi connectivity index (χ1v) is 8.81. The Morgan fingerprint density at radius 3 is 2.65 bits per heavy atom. The lowest BCUT2D eigenvalue weighted by atomic mass is 9.62. The highest BCUT2D eigenvalue weighted by Gasteiger charge is 2.58. The number of carbonyl (C=O) groups excluding carboxylic acids is 2. The zero-order valence-electron chi connectivity index (χ0n) is 14.1. The molecule has 0 spiro atoms. The number of aromatic nitrogens is 1. The molecule has 0 aromatic carbocycles. The van der Waals surface area contributed by atoms with E-state index >= 15 is 0 Å². The molecule has 2 fully saturated rings. The highest BCUT2D eigenvalue weighted by Crippen LogP contribution is 2.55. The van der Waals surface area contributed by atoms with Gasteiger partial charge in [-0.3, -0.25) is 9.59 Å². The van der Waals surface area contributed by atoms with Gasteiger partial charge in [0, 0.05) is 31.4 Å². The summed E-state index contributed by atoms with van der Waals surface area (Å²) < 4.78 is 0. The van der Waals surface area contributed by atoms with E-state index in [4.69, 9.17) is 0 Å². The van der Waals surface area contributed by atoms with Gasteiger partial charge in [0.05, 0.1) is 11.8 Å². The molecule has 23 heavy (non-hydrogen) atoms. The number of H-pyrrole nitrogens is 1. The third-order valence-electron chi connectivity index (χ3n) is 6.03. The fourth-order valence-corrected chi connectivity index (χ4v) is 5.08. The second-order valence-electron chi connectivity index (χ2n) is 7.41. The SMILES string of the molecule is CCc1cc2c([nH]1)[C@@H]1CCCC[C@@H]1[C@@H]1C(=O)N(N(C)C)C(=O)[C@H]21. The number of rotatable bonds is 2. The average Bonchev–Trinajstić information content (AvgIpc) is 3.07. The maximum Gasteiger partial charge on any atom is 0.252 e. The summed E-state index contributed by atoms with van der Waals surface area (Å²) in [6, 6.07) is 2.14. The second-order valence-corrected chi connectivity index (χ2v) is 7.41. The summed E-state index contributed by atoms with van der Waals surface area (Å²) in [6.45, 7) is 2.13. The highest BCUT2D eigenvalue weighted by molar-refractivity contribution is 6.08. The molecule has 1 saturated heterocycles. The summed E-state index contributed by atoms with van der Waals surface area (Å²) >= 11 is 0. The quantitative estimate of drug-likeness (QED) is 0.853. The zero-order chi connectivity index (χ0) is 16.3. The van der Waals surface area contributed by atoms with Crippen LogP contribution in [0, 0.1) is 11.8 Å². The first kappa shape index (κ1) is 14.9. The van der Waals surface area contributed by atoms with Gasteiger partial charge in [0.1, 0.15) is 0 Å². The summed E-state index contributed by atoms with van der Waals surface area (Å²) in [5.74, 6) is 0.243. The van der Waals surface area contributed by atoms with Crippen LogP contribution in [0.4, 0.5) is 0 Å². The third-order valence-corrected chi connectivity index (χ3v) is 6.03. The lowest BCUT2D eigenvalue weighted by Gasteiger charge is -2.40. The lowest BCUT2D eigenvalue weighted by molar-refractivity contribution is -0.154. The Hall–Kier alpha value is -1.62. The lowest BCUT2D eigenvalue weighted by Crippen LogP contribution is -2.43. The molecule has 1 saturated carbocycles. The number of amides is 2. The van der Waals surface area contributed by atoms with Crippen molar-refractivity contribution >= 4 is 11.8 Å². The Balaban J connectivity index is 1.86. The minimum atomic E-state index is -0.282. The van der Waals surface area contributed by atoms with Gasteiger partial charge in [0.2, 0.25) is 5.91 Å². The van der Waals surface area contributed by atoms with Gasteiger partial charge in [-0.1, -0.05) is 19.8 Å². The summed E-state index contributed by atoms with van der Waals surface area (Å²) in [7, 11) is 3.56. The number of aryl methyl sites for hydroxylation is 1. The molecule has 1 N–H and O–H groups in total. The fraction of sp³-hybridized carbons (Fsp3) is 0.667. The molecule has 2 heterocycles. The summed E-state index contributed by atoms with van der Waals surface area (Å²) in [6.07, 6.45) is 5.52. The second kappa shape index (κ2) is 5.20. The predicted octanol–water partition coefficient (Wildman–Crippen LogP) is 2.41. The summed E-state index contributed by atoms with van der Waals surface area (Å²) in [5, 5.41) is 3.02. The minimum Gasteiger partial charge on any atom is -0.362 e. The number of aromatic amines is 1. The Morgan fingerprint density at radius 2 is 1.96 bits per heavy atom. The van der Waals surface area contributed by atoms with Crippen LogP contribution in [0.2, 0.25) is 0 Å². The number of hydrazine groups is 1. The number of carbonyl (C=O) groups is 2. The van der Waals surface area contributed by atoms with E-state index in [-0.39, 0.29) is 23.7 Å². The zero-order valence-corrected chi connectivity index (χ0v) is 14.1. The van der Waals surface area contributed by atoms with E-state index in [1.807, 2.05) is 0 Å². The largest absolute Gasteiger partial charge is 0.362 e. The number of nitrogens with one attached hydrogen (secondary N) is 1. The molecular formula is C18H25N3O2. The van der Waals surface area contributed by atoms with Gasteiger partial charge in [0.15, 0.2) is 0 Å². The van der Waals surface area contributed by atoms with Crippen LogP contribution >= 0.6 is 0 Å². The molecule has 2 amide bonds. The van der Waals surface area contributed by atoms with E-state index in [1.54, 1.807) is 19.1 Å². The normalized spacial score (nSPS) is 33.0. The molecule has 5 heteroatoms. The average molecular weight is 315 g/mol. The number of fused-ring (bicyclic) bond motifs is 6. The highest BCUT2D eigenvalue weighted by atomic mass is 16.2. The van der Waals surface area contributed by atoms with Crippen LogP contribution in [0.25, 0.3) is 0 Å². The molecule has 1 aromatic heterocycles. The molecule has 0 unspecified atom stereocenters. The molecule has 3 aliphatic rings. The standard InChI is InChI=1S/C18H25N3O2/c1-4-10-9-13-15-14(17(22)21(18(15)23)20(2)3)11-7-5-6-8-12(11)16(13)19-10/h9,11-12,14-15,19H,4-8H2,1-3H3/t11-,12+,14-,15+/m0/s1. The predicted molar refractivity (Wildman–Crippen MR) is 86.6 cm³/mol. The maximum atomic E-state index is 13.0. The molecule has 2 aliphatic carbocycles. The van der Waals surface area contributed by atoms with Gasteiger partial charge in [0.25, 0.3) is 5.91 Å². The number of hydrogen-bond acceptors (Lipinski definition) is 3. The molecule has 4 rings (SSSR count). The molecule has 5 nitrogen and oxygen atoms in total. The first-order valence-electron chi connectivity index (χ1n) is 8.81. The first-order chi connectivity index (χ1) is 11.0. The van der Waals surface area contributed by atoms with Crippen molar-refractivity contribution in [2.45, 2.75) is 50.9 Å². The number of imide groups is 1. The Labute approximate surface area is 137 Å². The van der Waals surface area contributed by atoms with Gasteiger partial charge in [-0.15, -0.1) is 0 Å². The van der Waals surface area contributed by atoms with Crippen LogP contribution in [-0.4, -0.2) is 40.9 Å². The fourth-order valence-electron chi connectivity index (χ4n) is 5.08. The Kier molecular flexibility index (Phi) is 3.38. The van der Waals surface area contributed by atoms with E-state index in [0.717, 1.165) is 24.8 Å². The third kappa shape index (κ3) is 1.95. The molecule has 4 atom stereocenters. The van der Waals surface area contributed by atoms with Crippen molar-refractivity contribution in [2.75, 3.05) is 14.1 Å². The topological polar surface area (TPSA) is 56.4 Å². The van der Waals surface area contributed by atoms with Gasteiger partial charge >= 0.3 is 0 Å². The van der Waals surface area contributed by atoms with Crippen molar-refractivity contribution in [3.63, 3.8) is 0 Å². The van der Waals surface area contributed by atoms with Crippen LogP contribution in [0.3, 0.4) is 0 Å². The monoisotopic (exact) mass is 315 g/mol. The van der Waals surface area contributed by atoms with Crippen LogP contribution < -0.4 is 0 Å². The van der Waals surface area contributed by atoms with Crippen molar-refractivity contribution in [2.24, 2.45) is 11.8 Å². The van der Waals surface area contributed by atoms with Crippen molar-refractivity contribution in [1.82, 2.24) is 15.0 Å². The number of nitrogens with zero attached hydrogens (tertiary/aromatic N) is 2. The van der Waals surface area contributed by atoms with Crippen molar-refractivity contribution in [1.29, 1.82) is 0 Å². The van der Waals surface area contributed by atoms with Crippen molar-refractivity contribution < 1.29 is 9.59 Å². The van der Waals surface area contributed by atoms with E-state index in [0.29, 0.717) is 11.8 Å². The molecular weight excluding hydrogens is 290 g/mol. The summed E-state index contributed by atoms with van der Waals surface area (Å²) in [4.78, 5) is 29.5. The van der Waals surface area contributed by atoms with Crippen LogP contribution in [0.15, 0.2) is 6.07 Å². The molecule has 0 radical (unpaired) electrons. The van der Waals surface area contributed by atoms with Gasteiger partial charge in [-0.2, -0.15) is 0 Å². The summed E-state index contributed by atoms with van der Waals surface area (Å²) in [5.41, 5.74) is 3.52. The molecule has 0 bridgehead atoms. The van der Waals surface area contributed by atoms with Crippen LogP contribution in [-0.2, 0) is 16.0 Å².